The van der Waals surface area contributed by atoms with Crippen LogP contribution in [0.25, 0.3) is 10.9 Å². The van der Waals surface area contributed by atoms with E-state index in [9.17, 15) is 4.79 Å². The average molecular weight is 286 g/mol. The average Bonchev–Trinajstić information content (AvgIpc) is 2.98. The van der Waals surface area contributed by atoms with E-state index in [0.29, 0.717) is 17.8 Å². The Hall–Kier alpha value is -2.08. The van der Waals surface area contributed by atoms with Crippen LogP contribution >= 0.6 is 0 Å². The quantitative estimate of drug-likeness (QED) is 0.869. The van der Waals surface area contributed by atoms with Crippen LogP contribution in [0.3, 0.4) is 0 Å². The summed E-state index contributed by atoms with van der Waals surface area (Å²) >= 11 is 0. The number of nitrogens with one attached hydrogen (secondary N) is 2. The minimum absolute atomic E-state index is 0.0192. The summed E-state index contributed by atoms with van der Waals surface area (Å²) in [6, 6.07) is 6.34. The first-order valence-electron chi connectivity index (χ1n) is 7.32. The van der Waals surface area contributed by atoms with E-state index in [1.165, 1.54) is 0 Å². The maximum atomic E-state index is 12.8. The Labute approximate surface area is 122 Å². The van der Waals surface area contributed by atoms with E-state index in [-0.39, 0.29) is 5.91 Å². The second-order valence-electron chi connectivity index (χ2n) is 5.78. The van der Waals surface area contributed by atoms with Gasteiger partial charge in [-0.3, -0.25) is 9.89 Å². The van der Waals surface area contributed by atoms with Crippen LogP contribution in [0.5, 0.6) is 5.75 Å². The van der Waals surface area contributed by atoms with Crippen molar-refractivity contribution >= 4 is 16.8 Å². The fourth-order valence-electron chi connectivity index (χ4n) is 3.38. The maximum Gasteiger partial charge on any atom is 0.275 e. The van der Waals surface area contributed by atoms with Crippen molar-refractivity contribution < 1.29 is 9.53 Å². The molecule has 4 heterocycles. The molecule has 110 valence electrons. The fourth-order valence-corrected chi connectivity index (χ4v) is 3.38. The van der Waals surface area contributed by atoms with E-state index in [0.717, 1.165) is 42.6 Å². The number of nitrogens with zero attached hydrogens (tertiary/aromatic N) is 2. The first kappa shape index (κ1) is 12.6. The van der Waals surface area contributed by atoms with Crippen molar-refractivity contribution in [1.29, 1.82) is 0 Å². The molecule has 6 heteroatoms. The molecule has 5 rings (SSSR count). The SMILES string of the molecule is COc1ccc2[nH]nc(C(=O)N3CC4CCC3CN4)c2c1. The Morgan fingerprint density at radius 2 is 2.33 bits per heavy atom. The summed E-state index contributed by atoms with van der Waals surface area (Å²) in [4.78, 5) is 14.8. The molecule has 3 aliphatic rings. The van der Waals surface area contributed by atoms with Crippen molar-refractivity contribution in [1.82, 2.24) is 20.4 Å². The molecule has 0 saturated carbocycles. The van der Waals surface area contributed by atoms with Crippen LogP contribution in [0.15, 0.2) is 18.2 Å². The van der Waals surface area contributed by atoms with Gasteiger partial charge in [0.25, 0.3) is 5.91 Å². The predicted octanol–water partition coefficient (Wildman–Crippen LogP) is 1.15. The third-order valence-electron chi connectivity index (χ3n) is 4.58. The Morgan fingerprint density at radius 1 is 1.43 bits per heavy atom. The molecule has 0 aliphatic carbocycles. The van der Waals surface area contributed by atoms with E-state index in [1.54, 1.807) is 7.11 Å². The number of hydrogen-bond acceptors (Lipinski definition) is 4. The Bertz CT molecular complexity index is 688. The number of carbonyl (C=O) groups excluding carboxylic acids is 1. The standard InChI is InChI=1S/C15H18N4O2/c1-21-11-4-5-13-12(6-11)14(18-17-13)15(20)19-8-9-2-3-10(19)7-16-9/h4-6,9-10,16H,2-3,7-8H2,1H3,(H,17,18). The number of methoxy groups -OCH3 is 1. The third-order valence-corrected chi connectivity index (χ3v) is 4.58. The molecule has 21 heavy (non-hydrogen) atoms. The summed E-state index contributed by atoms with van der Waals surface area (Å²) in [7, 11) is 1.62. The summed E-state index contributed by atoms with van der Waals surface area (Å²) in [6.45, 7) is 1.67. The molecule has 2 unspecified atom stereocenters. The zero-order valence-electron chi connectivity index (χ0n) is 11.9. The molecule has 3 fully saturated rings. The fraction of sp³-hybridized carbons (Fsp3) is 0.467. The molecule has 3 aliphatic heterocycles. The van der Waals surface area contributed by atoms with Gasteiger partial charge in [0.15, 0.2) is 5.69 Å². The number of piperidine rings is 2. The number of fused-ring (bicyclic) bond motifs is 4. The monoisotopic (exact) mass is 286 g/mol. The number of carbonyl (C=O) groups is 1. The van der Waals surface area contributed by atoms with Gasteiger partial charge in [-0.05, 0) is 31.0 Å². The van der Waals surface area contributed by atoms with Gasteiger partial charge in [0, 0.05) is 30.6 Å². The number of aromatic amines is 1. The molecular formula is C15H18N4O2. The topological polar surface area (TPSA) is 70.2 Å². The molecule has 1 amide bonds. The van der Waals surface area contributed by atoms with Gasteiger partial charge in [0.1, 0.15) is 5.75 Å². The van der Waals surface area contributed by atoms with Gasteiger partial charge in [-0.25, -0.2) is 0 Å². The highest BCUT2D eigenvalue weighted by Crippen LogP contribution is 2.27. The lowest BCUT2D eigenvalue weighted by molar-refractivity contribution is 0.0437. The lowest BCUT2D eigenvalue weighted by Crippen LogP contribution is -2.62. The van der Waals surface area contributed by atoms with Gasteiger partial charge in [-0.15, -0.1) is 0 Å². The zero-order chi connectivity index (χ0) is 14.4. The van der Waals surface area contributed by atoms with E-state index < -0.39 is 0 Å². The predicted molar refractivity (Wildman–Crippen MR) is 78.5 cm³/mol. The minimum Gasteiger partial charge on any atom is -0.497 e. The number of hydrogen-bond donors (Lipinski definition) is 2. The largest absolute Gasteiger partial charge is 0.497 e. The van der Waals surface area contributed by atoms with Crippen molar-refractivity contribution in [2.24, 2.45) is 0 Å². The van der Waals surface area contributed by atoms with E-state index in [4.69, 9.17) is 4.74 Å². The number of amides is 1. The van der Waals surface area contributed by atoms with Gasteiger partial charge >= 0.3 is 0 Å². The molecule has 0 spiro atoms. The first-order valence-corrected chi connectivity index (χ1v) is 7.32. The van der Waals surface area contributed by atoms with Gasteiger partial charge in [-0.2, -0.15) is 5.10 Å². The van der Waals surface area contributed by atoms with Gasteiger partial charge < -0.3 is 15.0 Å². The molecule has 3 saturated heterocycles. The lowest BCUT2D eigenvalue weighted by atomic mass is 9.92. The Balaban J connectivity index is 1.71. The number of ether oxygens (including phenoxy) is 1. The lowest BCUT2D eigenvalue weighted by Gasteiger charge is -2.45. The van der Waals surface area contributed by atoms with Crippen LogP contribution in [0.4, 0.5) is 0 Å². The van der Waals surface area contributed by atoms with Crippen molar-refractivity contribution in [3.63, 3.8) is 0 Å². The van der Waals surface area contributed by atoms with Gasteiger partial charge in [-0.1, -0.05) is 0 Å². The van der Waals surface area contributed by atoms with Crippen LogP contribution in [0.1, 0.15) is 23.3 Å². The van der Waals surface area contributed by atoms with Gasteiger partial charge in [0.05, 0.1) is 12.6 Å². The van der Waals surface area contributed by atoms with E-state index in [1.807, 2.05) is 23.1 Å². The molecule has 2 atom stereocenters. The van der Waals surface area contributed by atoms with Crippen LogP contribution in [0.2, 0.25) is 0 Å². The van der Waals surface area contributed by atoms with Crippen molar-refractivity contribution in [3.8, 4) is 5.75 Å². The maximum absolute atomic E-state index is 12.8. The number of rotatable bonds is 2. The Kier molecular flexibility index (Phi) is 2.85. The van der Waals surface area contributed by atoms with Crippen LogP contribution in [-0.4, -0.2) is 53.3 Å². The van der Waals surface area contributed by atoms with E-state index in [2.05, 4.69) is 15.5 Å². The number of benzene rings is 1. The first-order chi connectivity index (χ1) is 10.3. The summed E-state index contributed by atoms with van der Waals surface area (Å²) in [5, 5.41) is 11.5. The molecule has 1 aromatic carbocycles. The Morgan fingerprint density at radius 3 is 3.00 bits per heavy atom. The molecule has 6 nitrogen and oxygen atoms in total. The normalized spacial score (nSPS) is 24.5. The molecule has 1 aromatic heterocycles. The molecule has 2 N–H and O–H groups in total. The zero-order valence-corrected chi connectivity index (χ0v) is 11.9. The van der Waals surface area contributed by atoms with Crippen molar-refractivity contribution in [2.45, 2.75) is 24.9 Å². The number of piperazine rings is 1. The summed E-state index contributed by atoms with van der Waals surface area (Å²) in [6.07, 6.45) is 2.23. The summed E-state index contributed by atoms with van der Waals surface area (Å²) in [5.41, 5.74) is 1.36. The van der Waals surface area contributed by atoms with Gasteiger partial charge in [0.2, 0.25) is 0 Å². The summed E-state index contributed by atoms with van der Waals surface area (Å²) < 4.78 is 5.24. The van der Waals surface area contributed by atoms with E-state index >= 15 is 0 Å². The van der Waals surface area contributed by atoms with Crippen molar-refractivity contribution in [3.05, 3.63) is 23.9 Å². The smallest absolute Gasteiger partial charge is 0.275 e. The summed E-state index contributed by atoms with van der Waals surface area (Å²) in [5.74, 6) is 0.755. The molecule has 2 aromatic rings. The minimum atomic E-state index is 0.0192. The highest BCUT2D eigenvalue weighted by atomic mass is 16.5. The number of H-pyrrole nitrogens is 1. The third kappa shape index (κ3) is 1.98. The van der Waals surface area contributed by atoms with Crippen molar-refractivity contribution in [2.75, 3.05) is 20.2 Å². The highest BCUT2D eigenvalue weighted by Gasteiger charge is 2.37. The molecule has 2 bridgehead atoms. The second-order valence-corrected chi connectivity index (χ2v) is 5.78. The van der Waals surface area contributed by atoms with Crippen LogP contribution in [0, 0.1) is 0 Å². The highest BCUT2D eigenvalue weighted by molar-refractivity contribution is 6.05. The van der Waals surface area contributed by atoms with Crippen LogP contribution < -0.4 is 10.1 Å². The molecular weight excluding hydrogens is 268 g/mol. The van der Waals surface area contributed by atoms with Crippen LogP contribution in [-0.2, 0) is 0 Å². The number of aromatic nitrogens is 2. The second kappa shape index (κ2) is 4.73. The molecule has 0 radical (unpaired) electrons.